The summed E-state index contributed by atoms with van der Waals surface area (Å²) in [6.45, 7) is 4.46. The highest BCUT2D eigenvalue weighted by molar-refractivity contribution is 5.87. The lowest BCUT2D eigenvalue weighted by Gasteiger charge is -2.41. The summed E-state index contributed by atoms with van der Waals surface area (Å²) in [5, 5.41) is 19.6. The fraction of sp³-hybridized carbons (Fsp3) is 0.520. The summed E-state index contributed by atoms with van der Waals surface area (Å²) in [6.07, 6.45) is 17.9. The van der Waals surface area contributed by atoms with Gasteiger partial charge < -0.3 is 39.3 Å². The molecule has 0 radical (unpaired) electrons. The molecular weight excluding hydrogens is 819 g/mol. The van der Waals surface area contributed by atoms with E-state index >= 15 is 0 Å². The number of aromatic nitrogens is 2. The summed E-state index contributed by atoms with van der Waals surface area (Å²) < 4.78 is 40.8. The molecule has 4 aromatic rings. The molecule has 340 valence electrons. The normalized spacial score (nSPS) is 28.4. The van der Waals surface area contributed by atoms with Crippen LogP contribution in [0.2, 0.25) is 0 Å². The third-order valence-electron chi connectivity index (χ3n) is 14.7. The van der Waals surface area contributed by atoms with Crippen LogP contribution in [-0.4, -0.2) is 105 Å². The molecule has 0 bridgehead atoms. The largest absolute Gasteiger partial charge is 0.453 e. The minimum Gasteiger partial charge on any atom is -0.453 e. The smallest absolute Gasteiger partial charge is 0.230 e. The van der Waals surface area contributed by atoms with Gasteiger partial charge in [-0.3, -0.25) is 19.6 Å². The van der Waals surface area contributed by atoms with Gasteiger partial charge in [-0.25, -0.2) is 8.78 Å². The van der Waals surface area contributed by atoms with Crippen molar-refractivity contribution in [3.8, 4) is 23.0 Å². The Balaban J connectivity index is 0.000000162. The molecule has 4 aliphatic heterocycles. The van der Waals surface area contributed by atoms with Crippen molar-refractivity contribution in [3.05, 3.63) is 97.1 Å². The van der Waals surface area contributed by atoms with E-state index in [9.17, 15) is 28.6 Å². The van der Waals surface area contributed by atoms with Gasteiger partial charge in [0.2, 0.25) is 11.8 Å². The number of ether oxygens (including phenoxy) is 2. The number of carbonyl (C=O) groups is 2. The van der Waals surface area contributed by atoms with Crippen molar-refractivity contribution in [2.75, 3.05) is 49.1 Å². The van der Waals surface area contributed by atoms with E-state index in [-0.39, 0.29) is 58.4 Å². The molecule has 10 rings (SSSR count). The van der Waals surface area contributed by atoms with Gasteiger partial charge in [-0.2, -0.15) is 0 Å². The zero-order valence-electron chi connectivity index (χ0n) is 36.5. The Morgan fingerprint density at radius 3 is 1.36 bits per heavy atom. The number of piperidine rings is 2. The van der Waals surface area contributed by atoms with Crippen LogP contribution in [0.1, 0.15) is 89.9 Å². The third kappa shape index (κ3) is 9.40. The average Bonchev–Trinajstić information content (AvgIpc) is 3.79. The highest BCUT2D eigenvalue weighted by Gasteiger charge is 2.52. The number of pyridine rings is 2. The van der Waals surface area contributed by atoms with Gasteiger partial charge in [0.1, 0.15) is 11.5 Å². The van der Waals surface area contributed by atoms with Gasteiger partial charge in [0.15, 0.2) is 23.1 Å². The Hall–Kier alpha value is -5.34. The summed E-state index contributed by atoms with van der Waals surface area (Å²) in [6, 6.07) is 17.5. The standard InChI is InChI=1S/2C25H30FN3O3/c2*26-22-15-19(6-9-23(22)32-21-3-1-12-27-16-21)28-13-2-10-25(17-28)11-14-29(24(25)31)18-4-7-20(30)8-5-18/h2*1,3,6,9,12,15-16,18,20,30H,2,4-5,7-8,10-11,13-14,17H2/t2*18?,20?,25-/m11/s1. The van der Waals surface area contributed by atoms with Crippen molar-refractivity contribution in [1.29, 1.82) is 0 Å². The van der Waals surface area contributed by atoms with Crippen molar-refractivity contribution >= 4 is 23.2 Å². The Kier molecular flexibility index (Phi) is 13.0. The number of hydrogen-bond donors (Lipinski definition) is 2. The second-order valence-corrected chi connectivity index (χ2v) is 18.8. The maximum atomic E-state index is 14.8. The molecule has 0 unspecified atom stereocenters. The number of hydrogen-bond acceptors (Lipinski definition) is 10. The van der Waals surface area contributed by atoms with Crippen molar-refractivity contribution in [3.63, 3.8) is 0 Å². The summed E-state index contributed by atoms with van der Waals surface area (Å²) in [5.41, 5.74) is 0.810. The molecule has 2 saturated carbocycles. The minimum atomic E-state index is -0.425. The number of rotatable bonds is 8. The molecule has 2 spiro atoms. The van der Waals surface area contributed by atoms with E-state index in [1.165, 1.54) is 12.1 Å². The third-order valence-corrected chi connectivity index (χ3v) is 14.7. The second-order valence-electron chi connectivity index (χ2n) is 18.8. The first-order valence-electron chi connectivity index (χ1n) is 23.3. The Bertz CT molecular complexity index is 2090. The number of likely N-dealkylation sites (tertiary alicyclic amines) is 2. The van der Waals surface area contributed by atoms with Crippen molar-refractivity contribution < 1.29 is 38.1 Å². The number of aliphatic hydroxyl groups excluding tert-OH is 2. The molecule has 2 atom stereocenters. The van der Waals surface area contributed by atoms with Crippen LogP contribution in [0.3, 0.4) is 0 Å². The predicted molar refractivity (Wildman–Crippen MR) is 238 cm³/mol. The lowest BCUT2D eigenvalue weighted by molar-refractivity contribution is -0.140. The zero-order valence-corrected chi connectivity index (χ0v) is 36.5. The number of anilines is 2. The molecule has 2 amide bonds. The minimum absolute atomic E-state index is 0.163. The molecule has 6 heterocycles. The van der Waals surface area contributed by atoms with Crippen LogP contribution in [0.5, 0.6) is 23.0 Å². The van der Waals surface area contributed by atoms with E-state index in [0.29, 0.717) is 24.6 Å². The number of aliphatic hydroxyl groups is 2. The van der Waals surface area contributed by atoms with Crippen LogP contribution in [-0.2, 0) is 9.59 Å². The first-order chi connectivity index (χ1) is 31.1. The summed E-state index contributed by atoms with van der Waals surface area (Å²) >= 11 is 0. The van der Waals surface area contributed by atoms with Gasteiger partial charge in [-0.05, 0) is 138 Å². The predicted octanol–water partition coefficient (Wildman–Crippen LogP) is 8.27. The summed E-state index contributed by atoms with van der Waals surface area (Å²) in [5.74, 6) is 0.955. The molecule has 2 N–H and O–H groups in total. The summed E-state index contributed by atoms with van der Waals surface area (Å²) in [4.78, 5) is 43.4. The lowest BCUT2D eigenvalue weighted by atomic mass is 9.78. The molecule has 14 heteroatoms. The van der Waals surface area contributed by atoms with Gasteiger partial charge in [-0.1, -0.05) is 0 Å². The average molecular weight is 879 g/mol. The van der Waals surface area contributed by atoms with Crippen molar-refractivity contribution in [1.82, 2.24) is 19.8 Å². The monoisotopic (exact) mass is 878 g/mol. The molecule has 2 aromatic heterocycles. The van der Waals surface area contributed by atoms with Crippen molar-refractivity contribution in [2.45, 2.75) is 114 Å². The van der Waals surface area contributed by atoms with Crippen LogP contribution >= 0.6 is 0 Å². The van der Waals surface area contributed by atoms with Gasteiger partial charge in [0.25, 0.3) is 0 Å². The molecule has 6 aliphatic rings. The molecule has 64 heavy (non-hydrogen) atoms. The fourth-order valence-electron chi connectivity index (χ4n) is 11.2. The van der Waals surface area contributed by atoms with Gasteiger partial charge in [-0.15, -0.1) is 0 Å². The van der Waals surface area contributed by atoms with E-state index in [2.05, 4.69) is 29.6 Å². The topological polar surface area (TPSA) is 132 Å². The van der Waals surface area contributed by atoms with Gasteiger partial charge in [0.05, 0.1) is 35.4 Å². The first-order valence-corrected chi connectivity index (χ1v) is 23.3. The van der Waals surface area contributed by atoms with Crippen LogP contribution in [0, 0.1) is 22.5 Å². The molecule has 2 aromatic carbocycles. The molecular formula is C50H60F2N6O6. The number of halogens is 2. The molecule has 4 saturated heterocycles. The van der Waals surface area contributed by atoms with E-state index in [1.54, 1.807) is 61.2 Å². The number of benzene rings is 2. The van der Waals surface area contributed by atoms with E-state index in [0.717, 1.165) is 127 Å². The SMILES string of the molecule is O=C1N(C2CCC(O)CC2)CC[C@@]12CCCN(c1ccc(Oc3cccnc3)c(F)c1)C2.O=C1N(C2CCC(O)CC2)CC[C@@]12CCCN(c1ccc(Oc3cccnc3)c(F)c1)C2. The molecule has 12 nitrogen and oxygen atoms in total. The van der Waals surface area contributed by atoms with E-state index < -0.39 is 11.6 Å². The first kappa shape index (κ1) is 43.9. The van der Waals surface area contributed by atoms with Crippen LogP contribution in [0.25, 0.3) is 0 Å². The number of amides is 2. The second kappa shape index (κ2) is 19.0. The zero-order chi connectivity index (χ0) is 44.3. The van der Waals surface area contributed by atoms with Crippen LogP contribution in [0.4, 0.5) is 20.2 Å². The summed E-state index contributed by atoms with van der Waals surface area (Å²) in [7, 11) is 0. The van der Waals surface area contributed by atoms with Gasteiger partial charge in [0, 0.05) is 87.3 Å². The quantitative estimate of drug-likeness (QED) is 0.178. The Morgan fingerprint density at radius 2 is 0.984 bits per heavy atom. The van der Waals surface area contributed by atoms with E-state index in [1.807, 2.05) is 12.1 Å². The van der Waals surface area contributed by atoms with Crippen LogP contribution in [0.15, 0.2) is 85.5 Å². The van der Waals surface area contributed by atoms with Crippen molar-refractivity contribution in [2.24, 2.45) is 10.8 Å². The highest BCUT2D eigenvalue weighted by atomic mass is 19.1. The van der Waals surface area contributed by atoms with Gasteiger partial charge >= 0.3 is 0 Å². The maximum absolute atomic E-state index is 14.8. The maximum Gasteiger partial charge on any atom is 0.230 e. The Labute approximate surface area is 374 Å². The molecule has 6 fully saturated rings. The number of carbonyl (C=O) groups excluding carboxylic acids is 2. The lowest BCUT2D eigenvalue weighted by Crippen LogP contribution is -2.50. The fourth-order valence-corrected chi connectivity index (χ4v) is 11.2. The van der Waals surface area contributed by atoms with Crippen LogP contribution < -0.4 is 19.3 Å². The highest BCUT2D eigenvalue weighted by Crippen LogP contribution is 2.46. The molecule has 2 aliphatic carbocycles. The Morgan fingerprint density at radius 1 is 0.562 bits per heavy atom. The van der Waals surface area contributed by atoms with E-state index in [4.69, 9.17) is 9.47 Å². The number of nitrogens with zero attached hydrogens (tertiary/aromatic N) is 6.